The molecular formula is C10H24ClN. The van der Waals surface area contributed by atoms with E-state index in [9.17, 15) is 0 Å². The van der Waals surface area contributed by atoms with Gasteiger partial charge in [-0.25, -0.2) is 0 Å². The molecule has 0 bridgehead atoms. The molecule has 0 spiro atoms. The number of rotatable bonds is 5. The van der Waals surface area contributed by atoms with Gasteiger partial charge in [0.15, 0.2) is 0 Å². The fourth-order valence-electron chi connectivity index (χ4n) is 1.70. The lowest BCUT2D eigenvalue weighted by atomic mass is 9.80. The second kappa shape index (κ2) is 6.73. The van der Waals surface area contributed by atoms with Gasteiger partial charge in [0, 0.05) is 18.8 Å². The lowest BCUT2D eigenvalue weighted by Crippen LogP contribution is -3.00. The zero-order valence-electron chi connectivity index (χ0n) is 8.99. The smallest absolute Gasteiger partial charge is 0.0968 e. The van der Waals surface area contributed by atoms with Crippen LogP contribution < -0.4 is 18.1 Å². The van der Waals surface area contributed by atoms with E-state index in [1.807, 2.05) is 0 Å². The Labute approximate surface area is 83.5 Å². The molecule has 0 unspecified atom stereocenters. The summed E-state index contributed by atoms with van der Waals surface area (Å²) in [5.41, 5.74) is 4.70. The van der Waals surface area contributed by atoms with Crippen LogP contribution in [0.4, 0.5) is 0 Å². The van der Waals surface area contributed by atoms with Gasteiger partial charge in [-0.3, -0.25) is 0 Å². The van der Waals surface area contributed by atoms with Gasteiger partial charge in [-0.15, -0.1) is 0 Å². The van der Waals surface area contributed by atoms with Gasteiger partial charge in [0.1, 0.15) is 0 Å². The molecule has 0 aliphatic heterocycles. The second-order valence-electron chi connectivity index (χ2n) is 4.02. The van der Waals surface area contributed by atoms with Gasteiger partial charge in [0.05, 0.1) is 5.54 Å². The summed E-state index contributed by atoms with van der Waals surface area (Å²) >= 11 is 0. The van der Waals surface area contributed by atoms with E-state index in [2.05, 4.69) is 33.4 Å². The van der Waals surface area contributed by atoms with E-state index in [1.54, 1.807) is 0 Å². The molecule has 0 aromatic carbocycles. The molecule has 0 radical (unpaired) electrons. The normalized spacial score (nSPS) is 11.5. The standard InChI is InChI=1S/C10H23N.ClH/c1-5-7-10(11,8-6-2)9(3)4;/h9H,5-8,11H2,1-4H3;1H. The van der Waals surface area contributed by atoms with Gasteiger partial charge in [0.2, 0.25) is 0 Å². The van der Waals surface area contributed by atoms with E-state index in [-0.39, 0.29) is 12.4 Å². The lowest BCUT2D eigenvalue weighted by molar-refractivity contribution is -0.494. The highest BCUT2D eigenvalue weighted by Crippen LogP contribution is 2.22. The van der Waals surface area contributed by atoms with Gasteiger partial charge < -0.3 is 18.1 Å². The van der Waals surface area contributed by atoms with Crippen LogP contribution in [-0.4, -0.2) is 5.54 Å². The van der Waals surface area contributed by atoms with Crippen LogP contribution in [0.2, 0.25) is 0 Å². The van der Waals surface area contributed by atoms with Crippen molar-refractivity contribution in [2.45, 2.75) is 58.9 Å². The number of halogens is 1. The van der Waals surface area contributed by atoms with Crippen molar-refractivity contribution >= 4 is 0 Å². The first-order valence-electron chi connectivity index (χ1n) is 4.92. The SMILES string of the molecule is CCCC([NH3+])(CCC)C(C)C.[Cl-]. The summed E-state index contributed by atoms with van der Waals surface area (Å²) < 4.78 is 0. The third-order valence-corrected chi connectivity index (χ3v) is 2.72. The molecule has 0 aromatic rings. The van der Waals surface area contributed by atoms with Crippen molar-refractivity contribution in [1.29, 1.82) is 0 Å². The van der Waals surface area contributed by atoms with Gasteiger partial charge in [-0.05, 0) is 0 Å². The lowest BCUT2D eigenvalue weighted by Gasteiger charge is -2.29. The predicted octanol–water partition coefficient (Wildman–Crippen LogP) is -0.773. The third-order valence-electron chi connectivity index (χ3n) is 2.72. The molecule has 3 N–H and O–H groups in total. The summed E-state index contributed by atoms with van der Waals surface area (Å²) in [5.74, 6) is 0.724. The third kappa shape index (κ3) is 4.32. The fraction of sp³-hybridized carbons (Fsp3) is 1.00. The molecule has 0 amide bonds. The van der Waals surface area contributed by atoms with Crippen molar-refractivity contribution in [3.8, 4) is 0 Å². The Bertz CT molecular complexity index is 96.0. The van der Waals surface area contributed by atoms with E-state index >= 15 is 0 Å². The molecule has 0 saturated heterocycles. The van der Waals surface area contributed by atoms with Crippen molar-refractivity contribution in [3.05, 3.63) is 0 Å². The molecule has 0 aromatic heterocycles. The summed E-state index contributed by atoms with van der Waals surface area (Å²) in [4.78, 5) is 0. The summed E-state index contributed by atoms with van der Waals surface area (Å²) in [6.07, 6.45) is 5.08. The molecule has 0 rings (SSSR count). The van der Waals surface area contributed by atoms with Crippen LogP contribution in [0, 0.1) is 5.92 Å². The van der Waals surface area contributed by atoms with Gasteiger partial charge in [-0.1, -0.05) is 40.5 Å². The molecular weight excluding hydrogens is 170 g/mol. The summed E-state index contributed by atoms with van der Waals surface area (Å²) in [5, 5.41) is 0. The molecule has 0 aliphatic rings. The van der Waals surface area contributed by atoms with Crippen molar-refractivity contribution in [3.63, 3.8) is 0 Å². The Kier molecular flexibility index (Phi) is 8.28. The Morgan fingerprint density at radius 3 is 1.58 bits per heavy atom. The first-order chi connectivity index (χ1) is 5.06. The average molecular weight is 194 g/mol. The van der Waals surface area contributed by atoms with Gasteiger partial charge >= 0.3 is 0 Å². The molecule has 2 heteroatoms. The average Bonchev–Trinajstić information content (AvgIpc) is 1.88. The molecule has 1 nitrogen and oxygen atoms in total. The monoisotopic (exact) mass is 193 g/mol. The van der Waals surface area contributed by atoms with Crippen LogP contribution in [-0.2, 0) is 0 Å². The van der Waals surface area contributed by atoms with Crippen LogP contribution in [0.5, 0.6) is 0 Å². The topological polar surface area (TPSA) is 27.6 Å². The molecule has 0 fully saturated rings. The predicted molar refractivity (Wildman–Crippen MR) is 50.3 cm³/mol. The zero-order chi connectivity index (χ0) is 8.91. The minimum absolute atomic E-state index is 0. The maximum absolute atomic E-state index is 4.35. The number of hydrogen-bond donors (Lipinski definition) is 1. The summed E-state index contributed by atoms with van der Waals surface area (Å²) in [6, 6.07) is 0. The van der Waals surface area contributed by atoms with Crippen LogP contribution >= 0.6 is 0 Å². The van der Waals surface area contributed by atoms with E-state index in [1.165, 1.54) is 25.7 Å². The van der Waals surface area contributed by atoms with E-state index in [4.69, 9.17) is 0 Å². The molecule has 0 saturated carbocycles. The van der Waals surface area contributed by atoms with Crippen molar-refractivity contribution < 1.29 is 18.1 Å². The van der Waals surface area contributed by atoms with Crippen LogP contribution in [0.25, 0.3) is 0 Å². The largest absolute Gasteiger partial charge is 1.00 e. The van der Waals surface area contributed by atoms with Crippen LogP contribution in [0.3, 0.4) is 0 Å². The minimum Gasteiger partial charge on any atom is -1.00 e. The Balaban J connectivity index is 0. The Hall–Kier alpha value is 0.250. The quantitative estimate of drug-likeness (QED) is 0.594. The first kappa shape index (κ1) is 14.8. The molecule has 0 aliphatic carbocycles. The maximum atomic E-state index is 4.35. The van der Waals surface area contributed by atoms with Crippen LogP contribution in [0.1, 0.15) is 53.4 Å². The molecule has 0 heterocycles. The van der Waals surface area contributed by atoms with Crippen LogP contribution in [0.15, 0.2) is 0 Å². The molecule has 0 atom stereocenters. The van der Waals surface area contributed by atoms with Crippen molar-refractivity contribution in [2.24, 2.45) is 5.92 Å². The minimum atomic E-state index is 0. The summed E-state index contributed by atoms with van der Waals surface area (Å²) in [7, 11) is 0. The highest BCUT2D eigenvalue weighted by molar-refractivity contribution is 4.78. The summed E-state index contributed by atoms with van der Waals surface area (Å²) in [6.45, 7) is 9.08. The highest BCUT2D eigenvalue weighted by atomic mass is 35.5. The van der Waals surface area contributed by atoms with E-state index in [0.717, 1.165) is 5.92 Å². The van der Waals surface area contributed by atoms with Crippen molar-refractivity contribution in [1.82, 2.24) is 0 Å². The van der Waals surface area contributed by atoms with Crippen molar-refractivity contribution in [2.75, 3.05) is 0 Å². The second-order valence-corrected chi connectivity index (χ2v) is 4.02. The zero-order valence-corrected chi connectivity index (χ0v) is 9.75. The first-order valence-corrected chi connectivity index (χ1v) is 4.92. The van der Waals surface area contributed by atoms with E-state index < -0.39 is 0 Å². The molecule has 12 heavy (non-hydrogen) atoms. The Morgan fingerprint density at radius 1 is 1.08 bits per heavy atom. The van der Waals surface area contributed by atoms with Gasteiger partial charge in [0.25, 0.3) is 0 Å². The highest BCUT2D eigenvalue weighted by Gasteiger charge is 2.30. The maximum Gasteiger partial charge on any atom is 0.0968 e. The molecule has 76 valence electrons. The van der Waals surface area contributed by atoms with E-state index in [0.29, 0.717) is 5.54 Å². The fourth-order valence-corrected chi connectivity index (χ4v) is 1.70. The number of hydrogen-bond acceptors (Lipinski definition) is 0. The van der Waals surface area contributed by atoms with Gasteiger partial charge in [-0.2, -0.15) is 0 Å². The number of quaternary nitrogens is 1. The Morgan fingerprint density at radius 2 is 1.42 bits per heavy atom.